The Morgan fingerprint density at radius 1 is 1.00 bits per heavy atom. The first-order chi connectivity index (χ1) is 19.4. The van der Waals surface area contributed by atoms with Crippen LogP contribution in [0.3, 0.4) is 0 Å². The molecule has 0 bridgehead atoms. The van der Waals surface area contributed by atoms with Crippen molar-refractivity contribution in [1.29, 1.82) is 0 Å². The van der Waals surface area contributed by atoms with Crippen LogP contribution < -0.4 is 4.74 Å². The molecule has 2 heterocycles. The molecule has 0 saturated heterocycles. The molecule has 0 fully saturated rings. The molecule has 5 aromatic rings. The van der Waals surface area contributed by atoms with Crippen molar-refractivity contribution < 1.29 is 23.8 Å². The summed E-state index contributed by atoms with van der Waals surface area (Å²) in [6, 6.07) is 19.2. The Morgan fingerprint density at radius 2 is 1.75 bits per heavy atom. The van der Waals surface area contributed by atoms with Crippen molar-refractivity contribution in [1.82, 2.24) is 30.2 Å². The van der Waals surface area contributed by atoms with Gasteiger partial charge in [-0.1, -0.05) is 56.3 Å². The minimum absolute atomic E-state index is 0.00332. The van der Waals surface area contributed by atoms with Gasteiger partial charge in [-0.25, -0.2) is 4.79 Å². The number of imidazole rings is 1. The van der Waals surface area contributed by atoms with Gasteiger partial charge in [0.05, 0.1) is 36.4 Å². The number of nitrogens with one attached hydrogen (secondary N) is 1. The maximum atomic E-state index is 12.8. The number of carbonyl (C=O) groups is 2. The van der Waals surface area contributed by atoms with Crippen molar-refractivity contribution in [2.75, 3.05) is 13.7 Å². The number of tetrazole rings is 1. The smallest absolute Gasteiger partial charge is 0.340 e. The second kappa shape index (κ2) is 11.4. The normalized spacial score (nSPS) is 11.1. The van der Waals surface area contributed by atoms with E-state index in [2.05, 4.69) is 20.6 Å². The number of aromatic amines is 1. The largest absolute Gasteiger partial charge is 0.465 e. The summed E-state index contributed by atoms with van der Waals surface area (Å²) in [6.07, 6.45) is 0. The number of nitrogens with zero attached hydrogens (tertiary/aromatic N) is 5. The first-order valence-electron chi connectivity index (χ1n) is 12.8. The first kappa shape index (κ1) is 26.5. The van der Waals surface area contributed by atoms with Crippen molar-refractivity contribution in [2.45, 2.75) is 27.4 Å². The van der Waals surface area contributed by atoms with Gasteiger partial charge in [0.2, 0.25) is 5.82 Å². The fourth-order valence-corrected chi connectivity index (χ4v) is 4.38. The van der Waals surface area contributed by atoms with Gasteiger partial charge in [-0.15, -0.1) is 10.2 Å². The minimum Gasteiger partial charge on any atom is -0.465 e. The Hall–Kier alpha value is -5.06. The summed E-state index contributed by atoms with van der Waals surface area (Å²) in [5, 5.41) is 14.4. The molecule has 2 aromatic heterocycles. The number of aromatic nitrogens is 6. The second-order valence-corrected chi connectivity index (χ2v) is 9.21. The third-order valence-corrected chi connectivity index (χ3v) is 6.33. The number of hydrogen-bond donors (Lipinski definition) is 1. The summed E-state index contributed by atoms with van der Waals surface area (Å²) in [7, 11) is 1.33. The third kappa shape index (κ3) is 5.00. The number of hydrogen-bond acceptors (Lipinski definition) is 9. The average molecular weight is 541 g/mol. The predicted octanol–water partition coefficient (Wildman–Crippen LogP) is 4.76. The van der Waals surface area contributed by atoms with E-state index in [0.29, 0.717) is 46.3 Å². The quantitative estimate of drug-likeness (QED) is 0.263. The predicted molar refractivity (Wildman–Crippen MR) is 147 cm³/mol. The highest BCUT2D eigenvalue weighted by molar-refractivity contribution is 6.04. The number of rotatable bonds is 9. The molecule has 0 saturated carbocycles. The van der Waals surface area contributed by atoms with E-state index in [4.69, 9.17) is 19.2 Å². The lowest BCUT2D eigenvalue weighted by atomic mass is 9.99. The molecule has 1 N–H and O–H groups in total. The monoisotopic (exact) mass is 540 g/mol. The molecule has 0 unspecified atom stereocenters. The van der Waals surface area contributed by atoms with E-state index in [0.717, 1.165) is 16.7 Å². The summed E-state index contributed by atoms with van der Waals surface area (Å²) in [6.45, 7) is 5.75. The highest BCUT2D eigenvalue weighted by atomic mass is 16.5. The van der Waals surface area contributed by atoms with Crippen molar-refractivity contribution in [2.24, 2.45) is 5.92 Å². The highest BCUT2D eigenvalue weighted by Gasteiger charge is 2.24. The number of carbonyl (C=O) groups excluding carboxylic acids is 2. The van der Waals surface area contributed by atoms with Crippen LogP contribution in [0.2, 0.25) is 0 Å². The standard InChI is InChI=1S/C29H28N6O5/c1-5-39-29-30-24-19(16-40-27(36)17(2)3)12-15-23(28(37)38-4)25(24)35(29)20-13-10-18(11-14-20)21-8-6-7-9-22(21)26-31-33-34-32-26/h6-15,17H,5,16H2,1-4H3,(H,31,32,33,34). The molecule has 11 heteroatoms. The zero-order valence-corrected chi connectivity index (χ0v) is 22.5. The summed E-state index contributed by atoms with van der Waals surface area (Å²) in [5.41, 5.74) is 5.33. The van der Waals surface area contributed by atoms with Gasteiger partial charge in [-0.3, -0.25) is 9.36 Å². The van der Waals surface area contributed by atoms with E-state index in [9.17, 15) is 9.59 Å². The number of H-pyrrole nitrogens is 1. The highest BCUT2D eigenvalue weighted by Crippen LogP contribution is 2.34. The average Bonchev–Trinajstić information content (AvgIpc) is 3.64. The molecule has 0 radical (unpaired) electrons. The molecule has 0 atom stereocenters. The Morgan fingerprint density at radius 3 is 2.40 bits per heavy atom. The van der Waals surface area contributed by atoms with Crippen LogP contribution in [-0.4, -0.2) is 55.8 Å². The molecule has 0 aliphatic heterocycles. The Balaban J connectivity index is 1.64. The molecule has 3 aromatic carbocycles. The SMILES string of the molecule is CCOc1nc2c(COC(=O)C(C)C)ccc(C(=O)OC)c2n1-c1ccc(-c2ccccc2-c2nn[nH]n2)cc1. The van der Waals surface area contributed by atoms with Crippen LogP contribution >= 0.6 is 0 Å². The van der Waals surface area contributed by atoms with E-state index in [1.165, 1.54) is 7.11 Å². The van der Waals surface area contributed by atoms with Gasteiger partial charge in [0.1, 0.15) is 12.1 Å². The molecule has 0 amide bonds. The van der Waals surface area contributed by atoms with Gasteiger partial charge in [-0.2, -0.15) is 10.2 Å². The number of methoxy groups -OCH3 is 1. The summed E-state index contributed by atoms with van der Waals surface area (Å²) in [5.74, 6) is -0.630. The second-order valence-electron chi connectivity index (χ2n) is 9.21. The van der Waals surface area contributed by atoms with Crippen molar-refractivity contribution in [3.63, 3.8) is 0 Å². The van der Waals surface area contributed by atoms with E-state index >= 15 is 0 Å². The summed E-state index contributed by atoms with van der Waals surface area (Å²) in [4.78, 5) is 29.7. The van der Waals surface area contributed by atoms with E-state index in [1.54, 1.807) is 30.5 Å². The molecule has 0 aliphatic rings. The van der Waals surface area contributed by atoms with Gasteiger partial charge in [0, 0.05) is 11.1 Å². The molecule has 0 spiro atoms. The minimum atomic E-state index is -0.523. The fourth-order valence-electron chi connectivity index (χ4n) is 4.38. The van der Waals surface area contributed by atoms with Crippen LogP contribution in [0, 0.1) is 5.92 Å². The Bertz CT molecular complexity index is 1660. The lowest BCUT2D eigenvalue weighted by Crippen LogP contribution is -2.12. The number of ether oxygens (including phenoxy) is 3. The van der Waals surface area contributed by atoms with Gasteiger partial charge in [0.15, 0.2) is 0 Å². The Kier molecular flexibility index (Phi) is 7.54. The summed E-state index contributed by atoms with van der Waals surface area (Å²) < 4.78 is 18.2. The van der Waals surface area contributed by atoms with Crippen LogP contribution in [0.15, 0.2) is 60.7 Å². The van der Waals surface area contributed by atoms with Crippen LogP contribution in [0.1, 0.15) is 36.7 Å². The fraction of sp³-hybridized carbons (Fsp3) is 0.241. The maximum Gasteiger partial charge on any atom is 0.340 e. The van der Waals surface area contributed by atoms with Gasteiger partial charge < -0.3 is 14.2 Å². The first-order valence-corrected chi connectivity index (χ1v) is 12.8. The zero-order chi connectivity index (χ0) is 28.2. The molecule has 40 heavy (non-hydrogen) atoms. The summed E-state index contributed by atoms with van der Waals surface area (Å²) >= 11 is 0. The van der Waals surface area contributed by atoms with E-state index in [1.807, 2.05) is 55.5 Å². The van der Waals surface area contributed by atoms with Crippen LogP contribution in [0.4, 0.5) is 0 Å². The van der Waals surface area contributed by atoms with Crippen LogP contribution in [-0.2, 0) is 20.9 Å². The van der Waals surface area contributed by atoms with E-state index < -0.39 is 5.97 Å². The molecule has 0 aliphatic carbocycles. The van der Waals surface area contributed by atoms with Crippen LogP contribution in [0.25, 0.3) is 39.2 Å². The number of fused-ring (bicyclic) bond motifs is 1. The van der Waals surface area contributed by atoms with Crippen molar-refractivity contribution >= 4 is 23.0 Å². The molecular weight excluding hydrogens is 512 g/mol. The van der Waals surface area contributed by atoms with Crippen LogP contribution in [0.5, 0.6) is 6.01 Å². The molecular formula is C29H28N6O5. The number of esters is 2. The third-order valence-electron chi connectivity index (χ3n) is 6.33. The lowest BCUT2D eigenvalue weighted by Gasteiger charge is -2.13. The molecule has 204 valence electrons. The van der Waals surface area contributed by atoms with Crippen molar-refractivity contribution in [3.05, 3.63) is 71.8 Å². The van der Waals surface area contributed by atoms with Gasteiger partial charge in [-0.05, 0) is 41.5 Å². The number of benzene rings is 3. The molecule has 5 rings (SSSR count). The Labute approximate surface area is 230 Å². The van der Waals surface area contributed by atoms with Gasteiger partial charge in [0.25, 0.3) is 0 Å². The maximum absolute atomic E-state index is 12.8. The topological polar surface area (TPSA) is 134 Å². The lowest BCUT2D eigenvalue weighted by molar-refractivity contribution is -0.148. The van der Waals surface area contributed by atoms with Crippen molar-refractivity contribution in [3.8, 4) is 34.2 Å². The molecule has 11 nitrogen and oxygen atoms in total. The van der Waals surface area contributed by atoms with E-state index in [-0.39, 0.29) is 18.5 Å². The zero-order valence-electron chi connectivity index (χ0n) is 22.5. The van der Waals surface area contributed by atoms with Gasteiger partial charge >= 0.3 is 17.9 Å².